The van der Waals surface area contributed by atoms with Crippen LogP contribution in [0.3, 0.4) is 0 Å². The molecule has 0 atom stereocenters. The van der Waals surface area contributed by atoms with Crippen LogP contribution in [-0.4, -0.2) is 33.1 Å². The molecule has 1 aromatic carbocycles. The normalized spacial score (nSPS) is 11.0. The maximum absolute atomic E-state index is 11.1. The molecule has 0 radical (unpaired) electrons. The summed E-state index contributed by atoms with van der Waals surface area (Å²) in [5.74, 6) is 1.05. The summed E-state index contributed by atoms with van der Waals surface area (Å²) in [7, 11) is 1.37. The zero-order valence-electron chi connectivity index (χ0n) is 12.4. The summed E-state index contributed by atoms with van der Waals surface area (Å²) in [6.45, 7) is 0. The van der Waals surface area contributed by atoms with E-state index in [1.807, 2.05) is 0 Å². The van der Waals surface area contributed by atoms with Gasteiger partial charge in [0.2, 0.25) is 10.6 Å². The molecule has 122 valence electrons. The average molecular weight is 345 g/mol. The number of hydrogen-bond donors (Lipinski definition) is 1. The fourth-order valence-corrected chi connectivity index (χ4v) is 2.20. The molecule has 24 heavy (non-hydrogen) atoms. The van der Waals surface area contributed by atoms with Crippen LogP contribution < -0.4 is 4.74 Å². The van der Waals surface area contributed by atoms with Crippen LogP contribution in [0.2, 0.25) is 0 Å². The van der Waals surface area contributed by atoms with Gasteiger partial charge in [-0.1, -0.05) is 0 Å². The highest BCUT2D eigenvalue weighted by Crippen LogP contribution is 2.27. The summed E-state index contributed by atoms with van der Waals surface area (Å²) in [5, 5.41) is 22.0. The fourth-order valence-electron chi connectivity index (χ4n) is 2.02. The molecule has 0 aliphatic rings. The Bertz CT molecular complexity index is 958. The van der Waals surface area contributed by atoms with Gasteiger partial charge in [-0.15, -0.1) is 5.10 Å². The van der Waals surface area contributed by atoms with Crippen LogP contribution >= 0.6 is 12.2 Å². The first kappa shape index (κ1) is 15.6. The summed E-state index contributed by atoms with van der Waals surface area (Å²) >= 11 is 5.13. The second-order valence-electron chi connectivity index (χ2n) is 4.57. The van der Waals surface area contributed by atoms with Crippen molar-refractivity contribution in [3.8, 4) is 17.3 Å². The SMILES string of the molecule is COc1ccc(/C=N\n2c(-c3ccco3)n[nH]c2=S)cc1[N+](=O)[O-]. The van der Waals surface area contributed by atoms with E-state index in [-0.39, 0.29) is 16.2 Å². The van der Waals surface area contributed by atoms with Gasteiger partial charge in [-0.3, -0.25) is 10.1 Å². The van der Waals surface area contributed by atoms with Crippen LogP contribution in [0.15, 0.2) is 46.1 Å². The molecule has 0 amide bonds. The number of aromatic amines is 1. The Labute approximate surface area is 140 Å². The Morgan fingerprint density at radius 1 is 1.50 bits per heavy atom. The number of H-pyrrole nitrogens is 1. The summed E-state index contributed by atoms with van der Waals surface area (Å²) in [4.78, 5) is 10.5. The third-order valence-corrected chi connectivity index (χ3v) is 3.38. The summed E-state index contributed by atoms with van der Waals surface area (Å²) in [6, 6.07) is 7.94. The van der Waals surface area contributed by atoms with E-state index in [2.05, 4.69) is 15.3 Å². The Morgan fingerprint density at radius 3 is 3.00 bits per heavy atom. The molecule has 0 unspecified atom stereocenters. The van der Waals surface area contributed by atoms with E-state index in [0.717, 1.165) is 0 Å². The van der Waals surface area contributed by atoms with Crippen LogP contribution in [0.1, 0.15) is 5.56 Å². The van der Waals surface area contributed by atoms with Gasteiger partial charge < -0.3 is 9.15 Å². The molecule has 0 bridgehead atoms. The highest BCUT2D eigenvalue weighted by molar-refractivity contribution is 7.71. The molecular formula is C14H11N5O4S. The average Bonchev–Trinajstić information content (AvgIpc) is 3.22. The number of aromatic nitrogens is 3. The fraction of sp³-hybridized carbons (Fsp3) is 0.0714. The number of nitro groups is 1. The van der Waals surface area contributed by atoms with Crippen LogP contribution in [0.4, 0.5) is 5.69 Å². The van der Waals surface area contributed by atoms with Crippen molar-refractivity contribution in [2.75, 3.05) is 7.11 Å². The molecule has 3 rings (SSSR count). The number of nitrogens with zero attached hydrogens (tertiary/aromatic N) is 4. The van der Waals surface area contributed by atoms with E-state index >= 15 is 0 Å². The minimum atomic E-state index is -0.520. The molecule has 10 heteroatoms. The minimum absolute atomic E-state index is 0.150. The monoisotopic (exact) mass is 345 g/mol. The highest BCUT2D eigenvalue weighted by Gasteiger charge is 2.15. The largest absolute Gasteiger partial charge is 0.490 e. The van der Waals surface area contributed by atoms with Crippen LogP contribution in [0, 0.1) is 14.9 Å². The Balaban J connectivity index is 1.98. The number of rotatable bonds is 5. The van der Waals surface area contributed by atoms with E-state index in [1.165, 1.54) is 36.4 Å². The molecule has 2 heterocycles. The quantitative estimate of drug-likeness (QED) is 0.329. The number of benzene rings is 1. The van der Waals surface area contributed by atoms with E-state index in [0.29, 0.717) is 17.1 Å². The zero-order valence-corrected chi connectivity index (χ0v) is 13.2. The van der Waals surface area contributed by atoms with Crippen LogP contribution in [0.5, 0.6) is 5.75 Å². The van der Waals surface area contributed by atoms with Crippen molar-refractivity contribution in [2.24, 2.45) is 5.10 Å². The Kier molecular flexibility index (Phi) is 4.20. The molecule has 1 N–H and O–H groups in total. The van der Waals surface area contributed by atoms with Crippen molar-refractivity contribution in [3.63, 3.8) is 0 Å². The van der Waals surface area contributed by atoms with Crippen molar-refractivity contribution in [1.82, 2.24) is 14.9 Å². The van der Waals surface area contributed by atoms with Gasteiger partial charge in [0.25, 0.3) is 0 Å². The molecular weight excluding hydrogens is 334 g/mol. The second kappa shape index (κ2) is 6.46. The lowest BCUT2D eigenvalue weighted by molar-refractivity contribution is -0.385. The zero-order chi connectivity index (χ0) is 17.1. The predicted octanol–water partition coefficient (Wildman–Crippen LogP) is 3.00. The minimum Gasteiger partial charge on any atom is -0.490 e. The standard InChI is InChI=1S/C14H11N5O4S/c1-22-11-5-4-9(7-10(11)19(20)21)8-15-18-13(16-17-14(18)24)12-3-2-6-23-12/h2-8H,1H3,(H,17,24)/b15-8-. The first-order valence-corrected chi connectivity index (χ1v) is 7.09. The van der Waals surface area contributed by atoms with Gasteiger partial charge >= 0.3 is 5.69 Å². The smallest absolute Gasteiger partial charge is 0.311 e. The van der Waals surface area contributed by atoms with Crippen molar-refractivity contribution in [1.29, 1.82) is 0 Å². The lowest BCUT2D eigenvalue weighted by atomic mass is 10.2. The Morgan fingerprint density at radius 2 is 2.33 bits per heavy atom. The second-order valence-corrected chi connectivity index (χ2v) is 4.96. The van der Waals surface area contributed by atoms with Gasteiger partial charge in [0, 0.05) is 11.6 Å². The molecule has 0 aliphatic heterocycles. The molecule has 0 fully saturated rings. The van der Waals surface area contributed by atoms with Gasteiger partial charge in [0.15, 0.2) is 11.5 Å². The van der Waals surface area contributed by atoms with E-state index in [1.54, 1.807) is 18.2 Å². The number of ether oxygens (including phenoxy) is 1. The molecule has 0 saturated heterocycles. The number of methoxy groups -OCH3 is 1. The third kappa shape index (κ3) is 2.94. The number of nitro benzene ring substituents is 1. The highest BCUT2D eigenvalue weighted by atomic mass is 32.1. The number of furan rings is 1. The maximum atomic E-state index is 11.1. The first-order valence-electron chi connectivity index (χ1n) is 6.68. The molecule has 2 aromatic heterocycles. The van der Waals surface area contributed by atoms with Crippen molar-refractivity contribution >= 4 is 24.1 Å². The lowest BCUT2D eigenvalue weighted by Gasteiger charge is -2.02. The number of hydrogen-bond acceptors (Lipinski definition) is 7. The molecule has 9 nitrogen and oxygen atoms in total. The summed E-state index contributed by atoms with van der Waals surface area (Å²) in [5.41, 5.74) is 0.361. The first-order chi connectivity index (χ1) is 11.6. The van der Waals surface area contributed by atoms with Crippen molar-refractivity contribution in [2.45, 2.75) is 0 Å². The van der Waals surface area contributed by atoms with Crippen LogP contribution in [0.25, 0.3) is 11.6 Å². The molecule has 3 aromatic rings. The van der Waals surface area contributed by atoms with Gasteiger partial charge in [-0.2, -0.15) is 9.78 Å². The van der Waals surface area contributed by atoms with Gasteiger partial charge in [-0.05, 0) is 36.5 Å². The molecule has 0 aliphatic carbocycles. The molecule has 0 saturated carbocycles. The van der Waals surface area contributed by atoms with Crippen molar-refractivity contribution < 1.29 is 14.1 Å². The van der Waals surface area contributed by atoms with E-state index in [9.17, 15) is 10.1 Å². The maximum Gasteiger partial charge on any atom is 0.311 e. The van der Waals surface area contributed by atoms with E-state index in [4.69, 9.17) is 21.4 Å². The summed E-state index contributed by atoms with van der Waals surface area (Å²) < 4.78 is 11.9. The van der Waals surface area contributed by atoms with E-state index < -0.39 is 4.92 Å². The third-order valence-electron chi connectivity index (χ3n) is 3.11. The van der Waals surface area contributed by atoms with Crippen molar-refractivity contribution in [3.05, 3.63) is 57.0 Å². The van der Waals surface area contributed by atoms with Gasteiger partial charge in [-0.25, -0.2) is 5.10 Å². The van der Waals surface area contributed by atoms with Gasteiger partial charge in [0.05, 0.1) is 24.5 Å². The predicted molar refractivity (Wildman–Crippen MR) is 87.8 cm³/mol. The lowest BCUT2D eigenvalue weighted by Crippen LogP contribution is -1.97. The molecule has 0 spiro atoms. The topological polar surface area (TPSA) is 111 Å². The van der Waals surface area contributed by atoms with Gasteiger partial charge in [0.1, 0.15) is 0 Å². The summed E-state index contributed by atoms with van der Waals surface area (Å²) in [6.07, 6.45) is 2.94. The number of nitrogens with one attached hydrogen (secondary N) is 1. The van der Waals surface area contributed by atoms with Crippen LogP contribution in [-0.2, 0) is 0 Å². The Hall–Kier alpha value is -3.27.